The van der Waals surface area contributed by atoms with Gasteiger partial charge in [-0.1, -0.05) is 17.8 Å². The number of halogens is 1. The van der Waals surface area contributed by atoms with Gasteiger partial charge in [0.2, 0.25) is 0 Å². The van der Waals surface area contributed by atoms with Crippen molar-refractivity contribution in [2.75, 3.05) is 7.11 Å². The zero-order valence-corrected chi connectivity index (χ0v) is 19.0. The Labute approximate surface area is 195 Å². The second-order valence-corrected chi connectivity index (χ2v) is 9.52. The molecule has 0 bridgehead atoms. The topological polar surface area (TPSA) is 68.7 Å². The van der Waals surface area contributed by atoms with Crippen molar-refractivity contribution >= 4 is 34.7 Å². The molecule has 2 unspecified atom stereocenters. The number of cyclic esters (lactones) is 1. The molecule has 1 aliphatic carbocycles. The largest absolute Gasteiger partial charge is 0.497 e. The van der Waals surface area contributed by atoms with Crippen LogP contribution in [0.1, 0.15) is 42.9 Å². The van der Waals surface area contributed by atoms with Crippen LogP contribution < -0.4 is 4.74 Å². The molecule has 1 saturated heterocycles. The molecule has 0 radical (unpaired) electrons. The van der Waals surface area contributed by atoms with Crippen LogP contribution in [0.3, 0.4) is 0 Å². The number of methoxy groups -OCH3 is 1. The zero-order valence-electron chi connectivity index (χ0n) is 18.2. The number of aliphatic hydroxyl groups is 1. The lowest BCUT2D eigenvalue weighted by molar-refractivity contribution is -0.156. The molecule has 2 fully saturated rings. The SMILES string of the molecule is COc1ccc2nc(C3CC3)c(/C=C/C3CC(O)CC(=O)O3)c(Sc3ccc(F)cc3)c2c1. The number of hydrogen-bond acceptors (Lipinski definition) is 6. The molecule has 5 rings (SSSR count). The molecular formula is C26H24FNO4S. The summed E-state index contributed by atoms with van der Waals surface area (Å²) in [4.78, 5) is 18.7. The Morgan fingerprint density at radius 1 is 1.21 bits per heavy atom. The fourth-order valence-electron chi connectivity index (χ4n) is 4.06. The molecule has 2 atom stereocenters. The minimum Gasteiger partial charge on any atom is -0.497 e. The highest BCUT2D eigenvalue weighted by molar-refractivity contribution is 7.99. The van der Waals surface area contributed by atoms with E-state index in [9.17, 15) is 14.3 Å². The monoisotopic (exact) mass is 465 g/mol. The molecule has 2 aromatic carbocycles. The third-order valence-corrected chi connectivity index (χ3v) is 7.03. The number of esters is 1. The van der Waals surface area contributed by atoms with Crippen molar-refractivity contribution in [3.63, 3.8) is 0 Å². The van der Waals surface area contributed by atoms with Crippen molar-refractivity contribution in [3.8, 4) is 5.75 Å². The minimum absolute atomic E-state index is 0.0284. The number of nitrogens with zero attached hydrogens (tertiary/aromatic N) is 1. The molecule has 33 heavy (non-hydrogen) atoms. The standard InChI is InChI=1S/C26H24FNO4S/c1-31-18-7-11-23-22(14-18)26(33-20-8-4-16(27)5-9-20)21(25(28-23)15-2-3-15)10-6-19-12-17(29)13-24(30)32-19/h4-11,14-15,17,19,29H,2-3,12-13H2,1H3/b10-6+. The van der Waals surface area contributed by atoms with E-state index < -0.39 is 18.2 Å². The second-order valence-electron chi connectivity index (χ2n) is 8.43. The summed E-state index contributed by atoms with van der Waals surface area (Å²) in [6.07, 6.45) is 5.16. The van der Waals surface area contributed by atoms with Crippen molar-refractivity contribution in [1.29, 1.82) is 0 Å². The Morgan fingerprint density at radius 2 is 2.00 bits per heavy atom. The lowest BCUT2D eigenvalue weighted by atomic mass is 10.0. The third-order valence-electron chi connectivity index (χ3n) is 5.87. The zero-order chi connectivity index (χ0) is 22.9. The minimum atomic E-state index is -0.698. The number of pyridine rings is 1. The number of benzene rings is 2. The van der Waals surface area contributed by atoms with Crippen LogP contribution in [0.15, 0.2) is 58.3 Å². The Morgan fingerprint density at radius 3 is 2.70 bits per heavy atom. The van der Waals surface area contributed by atoms with E-state index in [-0.39, 0.29) is 12.2 Å². The quantitative estimate of drug-likeness (QED) is 0.486. The maximum atomic E-state index is 13.5. The van der Waals surface area contributed by atoms with Crippen LogP contribution in [0.4, 0.5) is 4.39 Å². The molecule has 1 N–H and O–H groups in total. The molecule has 5 nitrogen and oxygen atoms in total. The predicted molar refractivity (Wildman–Crippen MR) is 125 cm³/mol. The predicted octanol–water partition coefficient (Wildman–Crippen LogP) is 5.49. The van der Waals surface area contributed by atoms with Gasteiger partial charge in [-0.05, 0) is 61.4 Å². The van der Waals surface area contributed by atoms with Gasteiger partial charge in [-0.25, -0.2) is 4.39 Å². The highest BCUT2D eigenvalue weighted by Crippen LogP contribution is 2.47. The van der Waals surface area contributed by atoms with Gasteiger partial charge >= 0.3 is 5.97 Å². The fraction of sp³-hybridized carbons (Fsp3) is 0.308. The Balaban J connectivity index is 1.64. The van der Waals surface area contributed by atoms with Crippen LogP contribution in [0.2, 0.25) is 0 Å². The summed E-state index contributed by atoms with van der Waals surface area (Å²) in [5.41, 5.74) is 2.85. The molecule has 1 aromatic heterocycles. The smallest absolute Gasteiger partial charge is 0.309 e. The average Bonchev–Trinajstić information content (AvgIpc) is 3.64. The summed E-state index contributed by atoms with van der Waals surface area (Å²) in [5.74, 6) is 0.428. The van der Waals surface area contributed by atoms with E-state index >= 15 is 0 Å². The number of hydrogen-bond donors (Lipinski definition) is 1. The molecule has 3 aromatic rings. The number of aromatic nitrogens is 1. The van der Waals surface area contributed by atoms with Crippen LogP contribution in [-0.4, -0.2) is 35.4 Å². The van der Waals surface area contributed by atoms with E-state index in [0.717, 1.165) is 50.5 Å². The van der Waals surface area contributed by atoms with Crippen molar-refractivity contribution in [1.82, 2.24) is 4.98 Å². The van der Waals surface area contributed by atoms with Crippen LogP contribution in [0, 0.1) is 5.82 Å². The van der Waals surface area contributed by atoms with Gasteiger partial charge in [0.05, 0.1) is 30.8 Å². The first-order valence-corrected chi connectivity index (χ1v) is 11.8. The average molecular weight is 466 g/mol. The van der Waals surface area contributed by atoms with E-state index in [1.807, 2.05) is 30.4 Å². The second kappa shape index (κ2) is 9.15. The maximum absolute atomic E-state index is 13.5. The van der Waals surface area contributed by atoms with Gasteiger partial charge in [-0.15, -0.1) is 0 Å². The van der Waals surface area contributed by atoms with Crippen molar-refractivity contribution in [2.45, 2.75) is 53.6 Å². The summed E-state index contributed by atoms with van der Waals surface area (Å²) >= 11 is 1.55. The van der Waals surface area contributed by atoms with E-state index in [4.69, 9.17) is 14.5 Å². The molecule has 7 heteroatoms. The van der Waals surface area contributed by atoms with Crippen LogP contribution >= 0.6 is 11.8 Å². The van der Waals surface area contributed by atoms with E-state index in [1.54, 1.807) is 31.0 Å². The molecule has 1 saturated carbocycles. The number of ether oxygens (including phenoxy) is 2. The lowest BCUT2D eigenvalue weighted by Crippen LogP contribution is -2.31. The summed E-state index contributed by atoms with van der Waals surface area (Å²) in [5, 5.41) is 10.9. The Hall–Kier alpha value is -2.90. The van der Waals surface area contributed by atoms with Gasteiger partial charge in [0.15, 0.2) is 0 Å². The van der Waals surface area contributed by atoms with Crippen LogP contribution in [-0.2, 0) is 9.53 Å². The normalized spacial score (nSPS) is 20.9. The maximum Gasteiger partial charge on any atom is 0.309 e. The summed E-state index contributed by atoms with van der Waals surface area (Å²) in [7, 11) is 1.63. The van der Waals surface area contributed by atoms with Gasteiger partial charge in [0, 0.05) is 33.1 Å². The summed E-state index contributed by atoms with van der Waals surface area (Å²) < 4.78 is 24.4. The van der Waals surface area contributed by atoms with Gasteiger partial charge in [-0.2, -0.15) is 0 Å². The Kier molecular flexibility index (Phi) is 6.08. The fourth-order valence-corrected chi connectivity index (χ4v) is 5.13. The van der Waals surface area contributed by atoms with Gasteiger partial charge in [0.1, 0.15) is 17.7 Å². The molecular weight excluding hydrogens is 441 g/mol. The molecule has 0 spiro atoms. The molecule has 1 aliphatic heterocycles. The highest BCUT2D eigenvalue weighted by atomic mass is 32.2. The van der Waals surface area contributed by atoms with Gasteiger partial charge < -0.3 is 14.6 Å². The number of fused-ring (bicyclic) bond motifs is 1. The van der Waals surface area contributed by atoms with Crippen molar-refractivity contribution in [3.05, 3.63) is 65.6 Å². The first-order valence-electron chi connectivity index (χ1n) is 11.0. The summed E-state index contributed by atoms with van der Waals surface area (Å²) in [6, 6.07) is 12.2. The number of rotatable bonds is 6. The van der Waals surface area contributed by atoms with Crippen molar-refractivity contribution < 1.29 is 23.8 Å². The Bertz CT molecular complexity index is 1220. The van der Waals surface area contributed by atoms with Gasteiger partial charge in [-0.3, -0.25) is 9.78 Å². The van der Waals surface area contributed by atoms with Crippen LogP contribution in [0.25, 0.3) is 17.0 Å². The van der Waals surface area contributed by atoms with E-state index in [2.05, 4.69) is 0 Å². The first-order chi connectivity index (χ1) is 16.0. The lowest BCUT2D eigenvalue weighted by Gasteiger charge is -2.23. The molecule has 0 amide bonds. The molecule has 2 aliphatic rings. The molecule has 170 valence electrons. The highest BCUT2D eigenvalue weighted by Gasteiger charge is 2.30. The van der Waals surface area contributed by atoms with E-state index in [0.29, 0.717) is 12.3 Å². The van der Waals surface area contributed by atoms with Gasteiger partial charge in [0.25, 0.3) is 0 Å². The van der Waals surface area contributed by atoms with Crippen molar-refractivity contribution in [2.24, 2.45) is 0 Å². The van der Waals surface area contributed by atoms with Crippen LogP contribution in [0.5, 0.6) is 5.75 Å². The van der Waals surface area contributed by atoms with E-state index in [1.165, 1.54) is 12.1 Å². The first kappa shape index (κ1) is 21.9. The number of aliphatic hydroxyl groups excluding tert-OH is 1. The summed E-state index contributed by atoms with van der Waals surface area (Å²) in [6.45, 7) is 0. The third kappa shape index (κ3) is 4.89. The molecule has 2 heterocycles. The number of carbonyl (C=O) groups is 1. The number of carbonyl (C=O) groups excluding carboxylic acids is 1.